The van der Waals surface area contributed by atoms with Crippen LogP contribution in [0.3, 0.4) is 0 Å². The third kappa shape index (κ3) is 6.94. The van der Waals surface area contributed by atoms with Crippen molar-refractivity contribution in [1.82, 2.24) is 0 Å². The molecule has 4 aromatic carbocycles. The highest BCUT2D eigenvalue weighted by molar-refractivity contribution is 5.97. The van der Waals surface area contributed by atoms with E-state index in [0.717, 1.165) is 43.5 Å². The molecule has 0 amide bonds. The van der Waals surface area contributed by atoms with Gasteiger partial charge in [0.2, 0.25) is 23.0 Å². The van der Waals surface area contributed by atoms with Crippen LogP contribution in [-0.4, -0.2) is 78.4 Å². The summed E-state index contributed by atoms with van der Waals surface area (Å²) >= 11 is 0. The largest absolute Gasteiger partial charge is 0.504 e. The topological polar surface area (TPSA) is 276 Å². The Morgan fingerprint density at radius 1 is 0.458 bits per heavy atom. The van der Waals surface area contributed by atoms with Crippen molar-refractivity contribution in [3.05, 3.63) is 70.8 Å². The quantitative estimate of drug-likeness (QED) is 0.0722. The predicted octanol–water partition coefficient (Wildman–Crippen LogP) is 3.17. The van der Waals surface area contributed by atoms with E-state index in [1.165, 1.54) is 6.92 Å². The zero-order chi connectivity index (χ0) is 35.4. The summed E-state index contributed by atoms with van der Waals surface area (Å²) in [6, 6.07) is 6.39. The van der Waals surface area contributed by atoms with Gasteiger partial charge in [0, 0.05) is 0 Å². The summed E-state index contributed by atoms with van der Waals surface area (Å²) in [6.07, 6.45) is 0. The van der Waals surface area contributed by atoms with Crippen LogP contribution in [0.2, 0.25) is 0 Å². The lowest BCUT2D eigenvalue weighted by Gasteiger charge is -2.13. The molecule has 0 aliphatic heterocycles. The molecule has 0 bridgehead atoms. The Labute approximate surface area is 268 Å². The van der Waals surface area contributed by atoms with Crippen molar-refractivity contribution in [3.8, 4) is 69.0 Å². The van der Waals surface area contributed by atoms with Crippen LogP contribution in [-0.2, 0) is 4.74 Å². The van der Waals surface area contributed by atoms with Gasteiger partial charge in [-0.25, -0.2) is 19.2 Å². The molecular weight excluding hydrogens is 644 g/mol. The van der Waals surface area contributed by atoms with Gasteiger partial charge >= 0.3 is 23.9 Å². The van der Waals surface area contributed by atoms with Crippen molar-refractivity contribution >= 4 is 23.9 Å². The van der Waals surface area contributed by atoms with Crippen LogP contribution in [0, 0.1) is 0 Å². The summed E-state index contributed by atoms with van der Waals surface area (Å²) in [5.74, 6) is -14.7. The maximum absolute atomic E-state index is 13.0. The number of esters is 4. The smallest absolute Gasteiger partial charge is 0.343 e. The number of phenols is 8. The summed E-state index contributed by atoms with van der Waals surface area (Å²) in [7, 11) is 1.14. The van der Waals surface area contributed by atoms with Crippen LogP contribution in [0.5, 0.6) is 69.0 Å². The molecule has 0 radical (unpaired) electrons. The number of methoxy groups -OCH3 is 1. The van der Waals surface area contributed by atoms with E-state index >= 15 is 0 Å². The highest BCUT2D eigenvalue weighted by atomic mass is 16.6. The van der Waals surface area contributed by atoms with Gasteiger partial charge in [-0.1, -0.05) is 0 Å². The van der Waals surface area contributed by atoms with Crippen molar-refractivity contribution < 1.29 is 83.7 Å². The van der Waals surface area contributed by atoms with Gasteiger partial charge in [0.05, 0.1) is 36.0 Å². The molecule has 8 N–H and O–H groups in total. The molecule has 0 saturated carbocycles. The fourth-order valence-corrected chi connectivity index (χ4v) is 3.92. The number of benzene rings is 4. The summed E-state index contributed by atoms with van der Waals surface area (Å²) in [4.78, 5) is 50.6. The van der Waals surface area contributed by atoms with E-state index in [-0.39, 0.29) is 23.5 Å². The van der Waals surface area contributed by atoms with Crippen LogP contribution in [0.15, 0.2) is 48.5 Å². The van der Waals surface area contributed by atoms with E-state index in [4.69, 9.17) is 23.7 Å². The second kappa shape index (κ2) is 13.5. The maximum Gasteiger partial charge on any atom is 0.343 e. The number of carbonyl (C=O) groups is 4. The highest BCUT2D eigenvalue weighted by Gasteiger charge is 2.25. The monoisotopic (exact) mass is 668 g/mol. The number of aromatic hydroxyl groups is 8. The van der Waals surface area contributed by atoms with Crippen LogP contribution in [0.25, 0.3) is 0 Å². The normalized spacial score (nSPS) is 10.5. The molecule has 0 spiro atoms. The van der Waals surface area contributed by atoms with E-state index < -0.39 is 98.2 Å². The number of hydrogen-bond donors (Lipinski definition) is 8. The average Bonchev–Trinajstić information content (AvgIpc) is 3.04. The number of rotatable bonds is 9. The predicted molar refractivity (Wildman–Crippen MR) is 156 cm³/mol. The molecule has 4 rings (SSSR count). The van der Waals surface area contributed by atoms with Crippen LogP contribution < -0.4 is 18.9 Å². The van der Waals surface area contributed by atoms with Gasteiger partial charge in [-0.15, -0.1) is 0 Å². The van der Waals surface area contributed by atoms with E-state index in [1.807, 2.05) is 0 Å². The minimum Gasteiger partial charge on any atom is -0.504 e. The van der Waals surface area contributed by atoms with E-state index in [0.29, 0.717) is 12.1 Å². The fraction of sp³-hybridized carbons (Fsp3) is 0.0968. The molecule has 0 heterocycles. The lowest BCUT2D eigenvalue weighted by Crippen LogP contribution is -2.13. The Balaban J connectivity index is 1.60. The minimum absolute atomic E-state index is 0.0268. The van der Waals surface area contributed by atoms with Gasteiger partial charge in [-0.3, -0.25) is 0 Å². The zero-order valence-electron chi connectivity index (χ0n) is 24.6. The standard InChI is InChI=1S/C31H24O17/c1-3-45-28(40)12-4-17(33)25(37)21(9-12)46-30(42)14-6-19(35)27(39)23(11-14)48-31(43)15-7-18(34)26(38)22(10-15)47-29(41)13-5-16(32)24(36)20(8-13)44-2/h4-11,32-39H,3H2,1-2H3. The van der Waals surface area contributed by atoms with Crippen LogP contribution in [0.1, 0.15) is 48.4 Å². The molecule has 0 saturated heterocycles. The zero-order valence-corrected chi connectivity index (χ0v) is 24.6. The van der Waals surface area contributed by atoms with Crippen molar-refractivity contribution in [3.63, 3.8) is 0 Å². The van der Waals surface area contributed by atoms with Crippen molar-refractivity contribution in [1.29, 1.82) is 0 Å². The summed E-state index contributed by atoms with van der Waals surface area (Å²) in [5, 5.41) is 80.5. The van der Waals surface area contributed by atoms with E-state index in [1.54, 1.807) is 0 Å². The number of carbonyl (C=O) groups excluding carboxylic acids is 4. The Kier molecular flexibility index (Phi) is 9.54. The van der Waals surface area contributed by atoms with Crippen molar-refractivity contribution in [2.75, 3.05) is 13.7 Å². The summed E-state index contributed by atoms with van der Waals surface area (Å²) in [5.41, 5.74) is -1.85. The number of ether oxygens (including phenoxy) is 5. The van der Waals surface area contributed by atoms with E-state index in [2.05, 4.69) is 0 Å². The van der Waals surface area contributed by atoms with Gasteiger partial charge < -0.3 is 64.5 Å². The molecule has 0 aliphatic carbocycles. The maximum atomic E-state index is 13.0. The Hall–Kier alpha value is -7.04. The molecule has 0 aromatic heterocycles. The third-order valence-corrected chi connectivity index (χ3v) is 6.27. The van der Waals surface area contributed by atoms with Crippen molar-refractivity contribution in [2.45, 2.75) is 6.92 Å². The molecule has 17 nitrogen and oxygen atoms in total. The van der Waals surface area contributed by atoms with Gasteiger partial charge in [-0.2, -0.15) is 0 Å². The van der Waals surface area contributed by atoms with Gasteiger partial charge in [-0.05, 0) is 55.5 Å². The third-order valence-electron chi connectivity index (χ3n) is 6.27. The Morgan fingerprint density at radius 2 is 0.729 bits per heavy atom. The lowest BCUT2D eigenvalue weighted by atomic mass is 10.1. The molecule has 0 aliphatic rings. The SMILES string of the molecule is CCOC(=O)c1cc(O)c(O)c(OC(=O)c2cc(O)c(O)c(OC(=O)c3cc(O)c(O)c(OC(=O)c4cc(O)c(O)c(OC)c4)c3)c2)c1. The first-order chi connectivity index (χ1) is 22.6. The molecule has 0 unspecified atom stereocenters. The second-order valence-corrected chi connectivity index (χ2v) is 9.46. The fourth-order valence-electron chi connectivity index (χ4n) is 3.92. The second-order valence-electron chi connectivity index (χ2n) is 9.46. The first kappa shape index (κ1) is 33.8. The van der Waals surface area contributed by atoms with Crippen LogP contribution in [0.4, 0.5) is 0 Å². The van der Waals surface area contributed by atoms with Gasteiger partial charge in [0.25, 0.3) is 0 Å². The van der Waals surface area contributed by atoms with Crippen LogP contribution >= 0.6 is 0 Å². The Bertz CT molecular complexity index is 1960. The number of hydrogen-bond acceptors (Lipinski definition) is 17. The number of phenolic OH excluding ortho intramolecular Hbond substituents is 8. The first-order valence-corrected chi connectivity index (χ1v) is 13.3. The average molecular weight is 669 g/mol. The molecule has 0 atom stereocenters. The lowest BCUT2D eigenvalue weighted by molar-refractivity contribution is 0.0523. The summed E-state index contributed by atoms with van der Waals surface area (Å²) < 4.78 is 24.8. The first-order valence-electron chi connectivity index (χ1n) is 13.3. The molecule has 4 aromatic rings. The molecule has 250 valence electrons. The minimum atomic E-state index is -1.39. The molecule has 17 heteroatoms. The van der Waals surface area contributed by atoms with Gasteiger partial charge in [0.1, 0.15) is 0 Å². The molecular formula is C31H24O17. The summed E-state index contributed by atoms with van der Waals surface area (Å²) in [6.45, 7) is 1.49. The highest BCUT2D eigenvalue weighted by Crippen LogP contribution is 2.42. The molecule has 0 fully saturated rings. The Morgan fingerprint density at radius 3 is 1.02 bits per heavy atom. The molecule has 48 heavy (non-hydrogen) atoms. The van der Waals surface area contributed by atoms with E-state index in [9.17, 15) is 60.0 Å². The van der Waals surface area contributed by atoms with Gasteiger partial charge in [0.15, 0.2) is 46.0 Å². The van der Waals surface area contributed by atoms with Crippen molar-refractivity contribution in [2.24, 2.45) is 0 Å².